The number of rotatable bonds is 6. The predicted molar refractivity (Wildman–Crippen MR) is 102 cm³/mol. The Bertz CT molecular complexity index is 1090. The number of methoxy groups -OCH3 is 2. The fourth-order valence-electron chi connectivity index (χ4n) is 2.41. The monoisotopic (exact) mass is 412 g/mol. The Morgan fingerprint density at radius 1 is 1.15 bits per heavy atom. The predicted octanol–water partition coefficient (Wildman–Crippen LogP) is 3.30. The van der Waals surface area contributed by atoms with Gasteiger partial charge in [-0.05, 0) is 42.5 Å². The zero-order valence-corrected chi connectivity index (χ0v) is 16.6. The van der Waals surface area contributed by atoms with Crippen molar-refractivity contribution in [1.82, 2.24) is 4.57 Å². The SMILES string of the molecule is COCCn1/c(=N/S(=O)(=O)c2ccc(Cl)cc2)sc2cc(OC)ccc21. The van der Waals surface area contributed by atoms with E-state index in [0.717, 1.165) is 10.2 Å². The van der Waals surface area contributed by atoms with Gasteiger partial charge in [0.1, 0.15) is 5.75 Å². The average Bonchev–Trinajstić information content (AvgIpc) is 2.95. The second kappa shape index (κ2) is 7.79. The molecule has 1 aromatic heterocycles. The van der Waals surface area contributed by atoms with Crippen molar-refractivity contribution in [2.75, 3.05) is 20.8 Å². The number of thiazole rings is 1. The zero-order valence-electron chi connectivity index (χ0n) is 14.2. The number of aromatic nitrogens is 1. The summed E-state index contributed by atoms with van der Waals surface area (Å²) in [7, 11) is -0.673. The van der Waals surface area contributed by atoms with Gasteiger partial charge in [0.25, 0.3) is 10.0 Å². The molecule has 138 valence electrons. The van der Waals surface area contributed by atoms with E-state index >= 15 is 0 Å². The van der Waals surface area contributed by atoms with Crippen LogP contribution in [-0.4, -0.2) is 33.8 Å². The summed E-state index contributed by atoms with van der Waals surface area (Å²) in [4.78, 5) is 0.468. The molecule has 0 spiro atoms. The maximum atomic E-state index is 12.7. The fraction of sp³-hybridized carbons (Fsp3) is 0.235. The highest BCUT2D eigenvalue weighted by atomic mass is 35.5. The number of fused-ring (bicyclic) bond motifs is 1. The maximum Gasteiger partial charge on any atom is 0.285 e. The minimum atomic E-state index is -3.86. The molecule has 0 amide bonds. The molecule has 9 heteroatoms. The van der Waals surface area contributed by atoms with Crippen molar-refractivity contribution in [2.45, 2.75) is 11.4 Å². The summed E-state index contributed by atoms with van der Waals surface area (Å²) >= 11 is 7.12. The van der Waals surface area contributed by atoms with Crippen LogP contribution in [0.25, 0.3) is 10.2 Å². The van der Waals surface area contributed by atoms with Crippen molar-refractivity contribution in [3.05, 3.63) is 52.3 Å². The highest BCUT2D eigenvalue weighted by molar-refractivity contribution is 7.90. The van der Waals surface area contributed by atoms with Gasteiger partial charge in [0, 0.05) is 18.7 Å². The topological polar surface area (TPSA) is 69.9 Å². The Morgan fingerprint density at radius 3 is 2.54 bits per heavy atom. The molecular weight excluding hydrogens is 396 g/mol. The van der Waals surface area contributed by atoms with Gasteiger partial charge in [-0.15, -0.1) is 4.40 Å². The number of ether oxygens (including phenoxy) is 2. The van der Waals surface area contributed by atoms with Gasteiger partial charge in [-0.25, -0.2) is 0 Å². The summed E-state index contributed by atoms with van der Waals surface area (Å²) in [6, 6.07) is 11.5. The lowest BCUT2D eigenvalue weighted by Crippen LogP contribution is -2.19. The standard InChI is InChI=1S/C17H17ClN2O4S2/c1-23-10-9-20-15-8-5-13(24-2)11-16(15)25-17(20)19-26(21,22)14-6-3-12(18)4-7-14/h3-8,11H,9-10H2,1-2H3/b19-17-. The van der Waals surface area contributed by atoms with Gasteiger partial charge in [0.2, 0.25) is 4.80 Å². The van der Waals surface area contributed by atoms with Crippen molar-refractivity contribution in [3.63, 3.8) is 0 Å². The summed E-state index contributed by atoms with van der Waals surface area (Å²) in [6.07, 6.45) is 0. The van der Waals surface area contributed by atoms with Crippen LogP contribution < -0.4 is 9.54 Å². The average molecular weight is 413 g/mol. The molecule has 0 radical (unpaired) electrons. The second-order valence-corrected chi connectivity index (χ2v) is 8.43. The Kier molecular flexibility index (Phi) is 5.67. The van der Waals surface area contributed by atoms with E-state index in [1.165, 1.54) is 35.6 Å². The molecule has 3 aromatic rings. The number of nitrogens with zero attached hydrogens (tertiary/aromatic N) is 2. The molecular formula is C17H17ClN2O4S2. The second-order valence-electron chi connectivity index (χ2n) is 5.38. The molecule has 26 heavy (non-hydrogen) atoms. The third-order valence-electron chi connectivity index (χ3n) is 3.72. The van der Waals surface area contributed by atoms with E-state index in [9.17, 15) is 8.42 Å². The van der Waals surface area contributed by atoms with E-state index in [1.807, 2.05) is 22.8 Å². The van der Waals surface area contributed by atoms with Crippen molar-refractivity contribution in [1.29, 1.82) is 0 Å². The lowest BCUT2D eigenvalue weighted by molar-refractivity contribution is 0.187. The van der Waals surface area contributed by atoms with Crippen LogP contribution in [-0.2, 0) is 21.3 Å². The van der Waals surface area contributed by atoms with Crippen molar-refractivity contribution in [2.24, 2.45) is 4.40 Å². The molecule has 0 saturated carbocycles. The lowest BCUT2D eigenvalue weighted by Gasteiger charge is -2.05. The molecule has 0 aliphatic heterocycles. The highest BCUT2D eigenvalue weighted by Crippen LogP contribution is 2.24. The van der Waals surface area contributed by atoms with Crippen LogP contribution in [0.1, 0.15) is 0 Å². The van der Waals surface area contributed by atoms with E-state index in [4.69, 9.17) is 21.1 Å². The maximum absolute atomic E-state index is 12.7. The first kappa shape index (κ1) is 18.9. The van der Waals surface area contributed by atoms with Crippen LogP contribution in [0.4, 0.5) is 0 Å². The number of hydrogen-bond donors (Lipinski definition) is 0. The van der Waals surface area contributed by atoms with Crippen LogP contribution in [0.15, 0.2) is 51.8 Å². The summed E-state index contributed by atoms with van der Waals surface area (Å²) in [5.41, 5.74) is 0.873. The van der Waals surface area contributed by atoms with Crippen LogP contribution >= 0.6 is 22.9 Å². The van der Waals surface area contributed by atoms with Crippen LogP contribution in [0.2, 0.25) is 5.02 Å². The van der Waals surface area contributed by atoms with E-state index in [1.54, 1.807) is 14.2 Å². The largest absolute Gasteiger partial charge is 0.497 e. The van der Waals surface area contributed by atoms with Crippen LogP contribution in [0.5, 0.6) is 5.75 Å². The number of benzene rings is 2. The van der Waals surface area contributed by atoms with Gasteiger partial charge in [-0.1, -0.05) is 22.9 Å². The van der Waals surface area contributed by atoms with E-state index < -0.39 is 10.0 Å². The fourth-order valence-corrected chi connectivity index (χ4v) is 4.82. The third kappa shape index (κ3) is 3.93. The molecule has 0 bridgehead atoms. The van der Waals surface area contributed by atoms with Crippen LogP contribution in [0.3, 0.4) is 0 Å². The molecule has 0 aliphatic carbocycles. The van der Waals surface area contributed by atoms with E-state index in [0.29, 0.717) is 28.7 Å². The molecule has 2 aromatic carbocycles. The molecule has 1 heterocycles. The minimum absolute atomic E-state index is 0.0928. The third-order valence-corrected chi connectivity index (χ3v) is 6.41. The van der Waals surface area contributed by atoms with Gasteiger partial charge in [-0.3, -0.25) is 0 Å². The van der Waals surface area contributed by atoms with E-state index in [2.05, 4.69) is 4.40 Å². The molecule has 3 rings (SSSR count). The smallest absolute Gasteiger partial charge is 0.285 e. The quantitative estimate of drug-likeness (QED) is 0.622. The van der Waals surface area contributed by atoms with E-state index in [-0.39, 0.29) is 4.90 Å². The summed E-state index contributed by atoms with van der Waals surface area (Å²) in [5.74, 6) is 0.699. The molecule has 0 unspecified atom stereocenters. The minimum Gasteiger partial charge on any atom is -0.497 e. The molecule has 0 saturated heterocycles. The van der Waals surface area contributed by atoms with Gasteiger partial charge >= 0.3 is 0 Å². The van der Waals surface area contributed by atoms with Gasteiger partial charge < -0.3 is 14.0 Å². The first-order valence-corrected chi connectivity index (χ1v) is 10.3. The number of halogens is 1. The Morgan fingerprint density at radius 2 is 1.88 bits per heavy atom. The normalized spacial score (nSPS) is 12.7. The Hall–Kier alpha value is -1.87. The lowest BCUT2D eigenvalue weighted by atomic mass is 10.3. The van der Waals surface area contributed by atoms with Crippen molar-refractivity contribution in [3.8, 4) is 5.75 Å². The first-order valence-electron chi connectivity index (χ1n) is 7.67. The van der Waals surface area contributed by atoms with Gasteiger partial charge in [0.15, 0.2) is 0 Å². The molecule has 0 fully saturated rings. The summed E-state index contributed by atoms with van der Waals surface area (Å²) in [6.45, 7) is 0.920. The molecule has 0 aliphatic rings. The molecule has 0 N–H and O–H groups in total. The zero-order chi connectivity index (χ0) is 18.7. The van der Waals surface area contributed by atoms with Crippen molar-refractivity contribution >= 4 is 43.2 Å². The molecule has 0 atom stereocenters. The number of sulfonamides is 1. The van der Waals surface area contributed by atoms with Crippen molar-refractivity contribution < 1.29 is 17.9 Å². The van der Waals surface area contributed by atoms with Gasteiger partial charge in [0.05, 0.1) is 28.8 Å². The highest BCUT2D eigenvalue weighted by Gasteiger charge is 2.15. The summed E-state index contributed by atoms with van der Waals surface area (Å²) < 4.78 is 42.5. The first-order chi connectivity index (χ1) is 12.4. The summed E-state index contributed by atoms with van der Waals surface area (Å²) in [5, 5.41) is 0.466. The van der Waals surface area contributed by atoms with Gasteiger partial charge in [-0.2, -0.15) is 8.42 Å². The number of hydrogen-bond acceptors (Lipinski definition) is 5. The van der Waals surface area contributed by atoms with Crippen LogP contribution in [0, 0.1) is 0 Å². The Labute approximate surface area is 160 Å². The molecule has 6 nitrogen and oxygen atoms in total. The Balaban J connectivity index is 2.18.